The number of nitrogens with one attached hydrogen (secondary N) is 2. The quantitative estimate of drug-likeness (QED) is 0.717. The van der Waals surface area contributed by atoms with E-state index in [0.29, 0.717) is 23.9 Å². The highest BCUT2D eigenvalue weighted by Crippen LogP contribution is 2.43. The van der Waals surface area contributed by atoms with Gasteiger partial charge in [0.15, 0.2) is 0 Å². The van der Waals surface area contributed by atoms with Gasteiger partial charge in [-0.15, -0.1) is 0 Å². The largest absolute Gasteiger partial charge is 0.475 e. The van der Waals surface area contributed by atoms with Gasteiger partial charge in [0, 0.05) is 47.7 Å². The van der Waals surface area contributed by atoms with Crippen molar-refractivity contribution in [1.29, 1.82) is 0 Å². The van der Waals surface area contributed by atoms with Crippen molar-refractivity contribution in [3.05, 3.63) is 53.9 Å². The number of nitrogens with zero attached hydrogens (tertiary/aromatic N) is 2. The zero-order valence-electron chi connectivity index (χ0n) is 16.8. The molecule has 5 nitrogen and oxygen atoms in total. The average molecular weight is 377 g/mol. The lowest BCUT2D eigenvalue weighted by molar-refractivity contribution is 0.147. The lowest BCUT2D eigenvalue weighted by Crippen LogP contribution is -2.51. The SMILES string of the molecule is CC(C)Oc1ccc(N[C@@H]2C[C@@H]3c4cccc5[nH]cc(c45)C[C@H]3N(C)C2)cn1. The monoisotopic (exact) mass is 376 g/mol. The number of aromatic amines is 1. The molecule has 3 aromatic rings. The van der Waals surface area contributed by atoms with Crippen molar-refractivity contribution in [3.8, 4) is 5.88 Å². The van der Waals surface area contributed by atoms with Crippen LogP contribution >= 0.6 is 0 Å². The first-order valence-electron chi connectivity index (χ1n) is 10.3. The van der Waals surface area contributed by atoms with Crippen molar-refractivity contribution < 1.29 is 4.74 Å². The Kier molecular flexibility index (Phi) is 4.27. The molecular formula is C23H28N4O. The summed E-state index contributed by atoms with van der Waals surface area (Å²) in [4.78, 5) is 10.4. The molecule has 0 saturated carbocycles. The van der Waals surface area contributed by atoms with Gasteiger partial charge in [-0.25, -0.2) is 4.98 Å². The second kappa shape index (κ2) is 6.82. The molecule has 1 aliphatic heterocycles. The molecule has 28 heavy (non-hydrogen) atoms. The molecule has 1 saturated heterocycles. The second-order valence-electron chi connectivity index (χ2n) is 8.53. The fourth-order valence-electron chi connectivity index (χ4n) is 5.06. The molecule has 1 aliphatic carbocycles. The lowest BCUT2D eigenvalue weighted by Gasteiger charge is -2.45. The summed E-state index contributed by atoms with van der Waals surface area (Å²) in [7, 11) is 2.26. The molecule has 5 heteroatoms. The number of hydrogen-bond donors (Lipinski definition) is 2. The van der Waals surface area contributed by atoms with Crippen molar-refractivity contribution in [2.24, 2.45) is 0 Å². The number of anilines is 1. The molecule has 146 valence electrons. The van der Waals surface area contributed by atoms with E-state index in [2.05, 4.69) is 57.7 Å². The summed E-state index contributed by atoms with van der Waals surface area (Å²) in [6.07, 6.45) is 6.50. The van der Waals surface area contributed by atoms with Crippen LogP contribution in [0.3, 0.4) is 0 Å². The van der Waals surface area contributed by atoms with Gasteiger partial charge in [0.2, 0.25) is 5.88 Å². The summed E-state index contributed by atoms with van der Waals surface area (Å²) >= 11 is 0. The molecular weight excluding hydrogens is 348 g/mol. The van der Waals surface area contributed by atoms with Crippen LogP contribution in [0.25, 0.3) is 10.9 Å². The van der Waals surface area contributed by atoms with Gasteiger partial charge >= 0.3 is 0 Å². The minimum atomic E-state index is 0.141. The maximum atomic E-state index is 5.65. The first-order chi connectivity index (χ1) is 13.6. The molecule has 0 bridgehead atoms. The van der Waals surface area contributed by atoms with E-state index >= 15 is 0 Å². The molecule has 0 radical (unpaired) electrons. The fraction of sp³-hybridized carbons (Fsp3) is 0.435. The van der Waals surface area contributed by atoms with E-state index in [1.54, 1.807) is 0 Å². The number of hydrogen-bond acceptors (Lipinski definition) is 4. The van der Waals surface area contributed by atoms with E-state index in [4.69, 9.17) is 4.74 Å². The number of piperidine rings is 1. The molecule has 5 rings (SSSR count). The summed E-state index contributed by atoms with van der Waals surface area (Å²) in [6, 6.07) is 11.7. The summed E-state index contributed by atoms with van der Waals surface area (Å²) < 4.78 is 5.65. The van der Waals surface area contributed by atoms with Crippen molar-refractivity contribution >= 4 is 16.6 Å². The zero-order chi connectivity index (χ0) is 19.3. The normalized spacial score (nSPS) is 24.4. The van der Waals surface area contributed by atoms with E-state index in [0.717, 1.165) is 25.1 Å². The Labute approximate surface area is 166 Å². The van der Waals surface area contributed by atoms with Gasteiger partial charge in [-0.1, -0.05) is 12.1 Å². The van der Waals surface area contributed by atoms with Crippen molar-refractivity contribution in [2.75, 3.05) is 18.9 Å². The fourth-order valence-corrected chi connectivity index (χ4v) is 5.06. The van der Waals surface area contributed by atoms with Crippen LogP contribution in [0.15, 0.2) is 42.7 Å². The van der Waals surface area contributed by atoms with Crippen molar-refractivity contribution in [2.45, 2.75) is 50.8 Å². The highest BCUT2D eigenvalue weighted by atomic mass is 16.5. The molecule has 3 atom stereocenters. The topological polar surface area (TPSA) is 53.2 Å². The van der Waals surface area contributed by atoms with Gasteiger partial charge < -0.3 is 19.9 Å². The number of aromatic nitrogens is 2. The van der Waals surface area contributed by atoms with Gasteiger partial charge in [-0.05, 0) is 57.0 Å². The van der Waals surface area contributed by atoms with Crippen LogP contribution in [0.2, 0.25) is 0 Å². The Morgan fingerprint density at radius 1 is 1.25 bits per heavy atom. The number of rotatable bonds is 4. The molecule has 0 spiro atoms. The molecule has 0 unspecified atom stereocenters. The van der Waals surface area contributed by atoms with Crippen LogP contribution in [-0.4, -0.2) is 46.6 Å². The smallest absolute Gasteiger partial charge is 0.213 e. The van der Waals surface area contributed by atoms with E-state index in [1.807, 2.05) is 26.1 Å². The Bertz CT molecular complexity index is 978. The molecule has 1 aromatic carbocycles. The summed E-state index contributed by atoms with van der Waals surface area (Å²) in [5.41, 5.74) is 5.30. The van der Waals surface area contributed by atoms with E-state index < -0.39 is 0 Å². The standard InChI is InChI=1S/C23H28N4O/c1-14(2)28-22-8-7-16(12-25-22)26-17-10-19-18-5-4-6-20-23(18)15(11-24-20)9-21(19)27(3)13-17/h4-8,11-12,14,17,19,21,24,26H,9-10,13H2,1-3H3/t17-,19-,21-/m1/s1. The van der Waals surface area contributed by atoms with Gasteiger partial charge in [-0.3, -0.25) is 0 Å². The average Bonchev–Trinajstić information content (AvgIpc) is 3.08. The third-order valence-electron chi connectivity index (χ3n) is 6.19. The molecule has 3 heterocycles. The van der Waals surface area contributed by atoms with Gasteiger partial charge in [-0.2, -0.15) is 0 Å². The Hall–Kier alpha value is -2.53. The number of H-pyrrole nitrogens is 1. The predicted octanol–water partition coefficient (Wildman–Crippen LogP) is 4.17. The number of benzene rings is 1. The number of likely N-dealkylation sites (tertiary alicyclic amines) is 1. The second-order valence-corrected chi connectivity index (χ2v) is 8.53. The van der Waals surface area contributed by atoms with E-state index in [1.165, 1.54) is 22.0 Å². The Morgan fingerprint density at radius 2 is 2.14 bits per heavy atom. The number of ether oxygens (including phenoxy) is 1. The minimum absolute atomic E-state index is 0.141. The van der Waals surface area contributed by atoms with Gasteiger partial charge in [0.1, 0.15) is 0 Å². The Balaban J connectivity index is 1.37. The van der Waals surface area contributed by atoms with Crippen LogP contribution in [0.5, 0.6) is 5.88 Å². The highest BCUT2D eigenvalue weighted by Gasteiger charge is 2.39. The van der Waals surface area contributed by atoms with Crippen LogP contribution < -0.4 is 10.1 Å². The zero-order valence-corrected chi connectivity index (χ0v) is 16.8. The van der Waals surface area contributed by atoms with Crippen LogP contribution in [0, 0.1) is 0 Å². The number of likely N-dealkylation sites (N-methyl/N-ethyl adjacent to an activating group) is 1. The summed E-state index contributed by atoms with van der Waals surface area (Å²) in [5.74, 6) is 1.24. The molecule has 2 aliphatic rings. The van der Waals surface area contributed by atoms with Crippen molar-refractivity contribution in [1.82, 2.24) is 14.9 Å². The van der Waals surface area contributed by atoms with Crippen LogP contribution in [-0.2, 0) is 6.42 Å². The summed E-state index contributed by atoms with van der Waals surface area (Å²) in [5, 5.41) is 5.16. The molecule has 1 fully saturated rings. The summed E-state index contributed by atoms with van der Waals surface area (Å²) in [6.45, 7) is 5.08. The Morgan fingerprint density at radius 3 is 2.93 bits per heavy atom. The third-order valence-corrected chi connectivity index (χ3v) is 6.19. The highest BCUT2D eigenvalue weighted by molar-refractivity contribution is 5.88. The molecule has 2 N–H and O–H groups in total. The minimum Gasteiger partial charge on any atom is -0.475 e. The van der Waals surface area contributed by atoms with E-state index in [-0.39, 0.29) is 6.10 Å². The lowest BCUT2D eigenvalue weighted by atomic mass is 9.74. The predicted molar refractivity (Wildman–Crippen MR) is 113 cm³/mol. The van der Waals surface area contributed by atoms with Gasteiger partial charge in [0.25, 0.3) is 0 Å². The van der Waals surface area contributed by atoms with Crippen LogP contribution in [0.4, 0.5) is 5.69 Å². The maximum Gasteiger partial charge on any atom is 0.213 e. The van der Waals surface area contributed by atoms with E-state index in [9.17, 15) is 0 Å². The third kappa shape index (κ3) is 3.04. The van der Waals surface area contributed by atoms with Crippen LogP contribution in [0.1, 0.15) is 37.3 Å². The first-order valence-corrected chi connectivity index (χ1v) is 10.3. The first kappa shape index (κ1) is 17.6. The molecule has 2 aromatic heterocycles. The molecule has 0 amide bonds. The number of pyridine rings is 1. The number of fused-ring (bicyclic) bond motifs is 2. The van der Waals surface area contributed by atoms with Gasteiger partial charge in [0.05, 0.1) is 18.0 Å². The van der Waals surface area contributed by atoms with Crippen molar-refractivity contribution in [3.63, 3.8) is 0 Å². The maximum absolute atomic E-state index is 5.65.